The molecule has 0 bridgehead atoms. The fourth-order valence-corrected chi connectivity index (χ4v) is 2.97. The minimum Gasteiger partial charge on any atom is -0.387 e. The fraction of sp³-hybridized carbons (Fsp3) is 0.538. The minimum atomic E-state index is -0.905. The van der Waals surface area contributed by atoms with Crippen LogP contribution >= 0.6 is 11.8 Å². The molecule has 0 saturated carbocycles. The largest absolute Gasteiger partial charge is 0.387 e. The van der Waals surface area contributed by atoms with E-state index >= 15 is 0 Å². The number of thioether (sulfide) groups is 1. The van der Waals surface area contributed by atoms with Crippen LogP contribution in [0.15, 0.2) is 18.2 Å². The topological polar surface area (TPSA) is 23.5 Å². The van der Waals surface area contributed by atoms with Gasteiger partial charge in [0, 0.05) is 18.8 Å². The molecule has 0 aliphatic carbocycles. The van der Waals surface area contributed by atoms with Crippen molar-refractivity contribution in [3.63, 3.8) is 0 Å². The third-order valence-corrected chi connectivity index (χ3v) is 4.12. The predicted molar refractivity (Wildman–Crippen MR) is 69.7 cm³/mol. The number of rotatable bonds is 3. The zero-order valence-corrected chi connectivity index (χ0v) is 10.9. The lowest BCUT2D eigenvalue weighted by Crippen LogP contribution is -2.30. The van der Waals surface area contributed by atoms with Crippen LogP contribution in [0.3, 0.4) is 0 Å². The van der Waals surface area contributed by atoms with E-state index in [1.807, 2.05) is 11.8 Å². The molecule has 1 fully saturated rings. The second-order valence-electron chi connectivity index (χ2n) is 4.46. The number of halogens is 2. The van der Waals surface area contributed by atoms with E-state index in [0.29, 0.717) is 12.1 Å². The van der Waals surface area contributed by atoms with Crippen molar-refractivity contribution in [1.82, 2.24) is 4.90 Å². The van der Waals surface area contributed by atoms with Crippen LogP contribution in [0, 0.1) is 11.6 Å². The predicted octanol–water partition coefficient (Wildman–Crippen LogP) is 2.44. The first-order chi connectivity index (χ1) is 8.66. The third kappa shape index (κ3) is 3.67. The van der Waals surface area contributed by atoms with Gasteiger partial charge in [0.2, 0.25) is 0 Å². The molecule has 1 heterocycles. The molecule has 1 saturated heterocycles. The molecule has 1 unspecified atom stereocenters. The van der Waals surface area contributed by atoms with Gasteiger partial charge in [-0.05, 0) is 36.4 Å². The molecule has 2 nitrogen and oxygen atoms in total. The van der Waals surface area contributed by atoms with Gasteiger partial charge in [-0.2, -0.15) is 11.8 Å². The molecular formula is C13H17F2NOS. The summed E-state index contributed by atoms with van der Waals surface area (Å²) < 4.78 is 25.9. The number of hydrogen-bond donors (Lipinski definition) is 1. The summed E-state index contributed by atoms with van der Waals surface area (Å²) in [6.07, 6.45) is 0.345. The standard InChI is InChI=1S/C13H17F2NOS/c14-11-3-2-10(8-12(11)15)13(17)9-16-4-1-6-18-7-5-16/h2-3,8,13,17H,1,4-7,9H2. The Labute approximate surface area is 110 Å². The van der Waals surface area contributed by atoms with Crippen molar-refractivity contribution in [2.45, 2.75) is 12.5 Å². The highest BCUT2D eigenvalue weighted by atomic mass is 32.2. The summed E-state index contributed by atoms with van der Waals surface area (Å²) in [5.74, 6) is 0.428. The molecule has 1 aliphatic heterocycles. The molecule has 2 rings (SSSR count). The van der Waals surface area contributed by atoms with E-state index < -0.39 is 17.7 Å². The van der Waals surface area contributed by atoms with Gasteiger partial charge in [-0.15, -0.1) is 0 Å². The Hall–Kier alpha value is -0.650. The highest BCUT2D eigenvalue weighted by Crippen LogP contribution is 2.19. The minimum absolute atomic E-state index is 0.436. The Morgan fingerprint density at radius 2 is 2.06 bits per heavy atom. The molecular weight excluding hydrogens is 256 g/mol. The smallest absolute Gasteiger partial charge is 0.159 e. The zero-order valence-electron chi connectivity index (χ0n) is 10.1. The van der Waals surface area contributed by atoms with Crippen molar-refractivity contribution in [2.24, 2.45) is 0 Å². The molecule has 1 atom stereocenters. The summed E-state index contributed by atoms with van der Waals surface area (Å²) in [6, 6.07) is 3.58. The number of benzene rings is 1. The van der Waals surface area contributed by atoms with E-state index in [0.717, 1.165) is 43.1 Å². The first-order valence-corrected chi connectivity index (χ1v) is 7.25. The van der Waals surface area contributed by atoms with Crippen LogP contribution in [0.2, 0.25) is 0 Å². The van der Waals surface area contributed by atoms with E-state index in [4.69, 9.17) is 0 Å². The average molecular weight is 273 g/mol. The van der Waals surface area contributed by atoms with Crippen LogP contribution in [0.25, 0.3) is 0 Å². The van der Waals surface area contributed by atoms with Gasteiger partial charge in [0.25, 0.3) is 0 Å². The Morgan fingerprint density at radius 1 is 1.22 bits per heavy atom. The van der Waals surface area contributed by atoms with Gasteiger partial charge in [0.15, 0.2) is 11.6 Å². The lowest BCUT2D eigenvalue weighted by molar-refractivity contribution is 0.117. The highest BCUT2D eigenvalue weighted by Gasteiger charge is 2.16. The second kappa shape index (κ2) is 6.50. The molecule has 1 aliphatic rings. The van der Waals surface area contributed by atoms with E-state index in [-0.39, 0.29) is 0 Å². The van der Waals surface area contributed by atoms with Crippen LogP contribution in [0.5, 0.6) is 0 Å². The van der Waals surface area contributed by atoms with Gasteiger partial charge >= 0.3 is 0 Å². The van der Waals surface area contributed by atoms with Crippen LogP contribution in [-0.4, -0.2) is 41.1 Å². The van der Waals surface area contributed by atoms with E-state index in [1.165, 1.54) is 6.07 Å². The second-order valence-corrected chi connectivity index (χ2v) is 5.68. The summed E-state index contributed by atoms with van der Waals surface area (Å²) in [5, 5.41) is 10.0. The van der Waals surface area contributed by atoms with Crippen LogP contribution in [0.4, 0.5) is 8.78 Å². The summed E-state index contributed by atoms with van der Waals surface area (Å²) >= 11 is 1.91. The van der Waals surface area contributed by atoms with Gasteiger partial charge in [-0.3, -0.25) is 4.90 Å². The van der Waals surface area contributed by atoms with Gasteiger partial charge in [-0.1, -0.05) is 6.07 Å². The molecule has 1 N–H and O–H groups in total. The lowest BCUT2D eigenvalue weighted by Gasteiger charge is -2.23. The maximum absolute atomic E-state index is 13.1. The normalized spacial score (nSPS) is 19.5. The summed E-state index contributed by atoms with van der Waals surface area (Å²) in [4.78, 5) is 2.17. The van der Waals surface area contributed by atoms with E-state index in [9.17, 15) is 13.9 Å². The van der Waals surface area contributed by atoms with Crippen molar-refractivity contribution in [1.29, 1.82) is 0 Å². The number of aliphatic hydroxyl groups excluding tert-OH is 1. The lowest BCUT2D eigenvalue weighted by atomic mass is 10.1. The van der Waals surface area contributed by atoms with Gasteiger partial charge < -0.3 is 5.11 Å². The Morgan fingerprint density at radius 3 is 2.83 bits per heavy atom. The summed E-state index contributed by atoms with van der Waals surface area (Å²) in [5.41, 5.74) is 0.436. The Kier molecular flexibility index (Phi) is 4.97. The fourth-order valence-electron chi connectivity index (χ4n) is 2.05. The molecule has 100 valence electrons. The van der Waals surface area contributed by atoms with E-state index in [2.05, 4.69) is 4.90 Å². The van der Waals surface area contributed by atoms with Gasteiger partial charge in [-0.25, -0.2) is 8.78 Å². The Bertz CT molecular complexity index is 395. The molecule has 0 amide bonds. The van der Waals surface area contributed by atoms with Crippen LogP contribution in [0.1, 0.15) is 18.1 Å². The van der Waals surface area contributed by atoms with Crippen LogP contribution in [-0.2, 0) is 0 Å². The van der Waals surface area contributed by atoms with E-state index in [1.54, 1.807) is 0 Å². The molecule has 18 heavy (non-hydrogen) atoms. The summed E-state index contributed by atoms with van der Waals surface area (Å²) in [7, 11) is 0. The van der Waals surface area contributed by atoms with Crippen LogP contribution < -0.4 is 0 Å². The first kappa shape index (κ1) is 13.8. The SMILES string of the molecule is OC(CN1CCCSCC1)c1ccc(F)c(F)c1. The van der Waals surface area contributed by atoms with Crippen molar-refractivity contribution >= 4 is 11.8 Å². The molecule has 0 radical (unpaired) electrons. The van der Waals surface area contributed by atoms with Gasteiger partial charge in [0.1, 0.15) is 0 Å². The van der Waals surface area contributed by atoms with Crippen molar-refractivity contribution < 1.29 is 13.9 Å². The molecule has 5 heteroatoms. The average Bonchev–Trinajstić information content (AvgIpc) is 2.61. The van der Waals surface area contributed by atoms with Crippen molar-refractivity contribution in [3.05, 3.63) is 35.4 Å². The molecule has 1 aromatic rings. The number of β-amino-alcohol motifs (C(OH)–C–C–N with tert-alkyl or cyclic N) is 1. The number of nitrogens with zero attached hydrogens (tertiary/aromatic N) is 1. The van der Waals surface area contributed by atoms with Crippen molar-refractivity contribution in [2.75, 3.05) is 31.1 Å². The monoisotopic (exact) mass is 273 g/mol. The third-order valence-electron chi connectivity index (χ3n) is 3.07. The Balaban J connectivity index is 1.97. The highest BCUT2D eigenvalue weighted by molar-refractivity contribution is 7.99. The summed E-state index contributed by atoms with van der Waals surface area (Å²) in [6.45, 7) is 2.37. The number of aliphatic hydroxyl groups is 1. The van der Waals surface area contributed by atoms with Gasteiger partial charge in [0.05, 0.1) is 6.10 Å². The quantitative estimate of drug-likeness (QED) is 0.915. The maximum Gasteiger partial charge on any atom is 0.159 e. The molecule has 1 aromatic carbocycles. The van der Waals surface area contributed by atoms with Crippen molar-refractivity contribution in [3.8, 4) is 0 Å². The first-order valence-electron chi connectivity index (χ1n) is 6.10. The maximum atomic E-state index is 13.1. The molecule has 0 aromatic heterocycles. The number of hydrogen-bond acceptors (Lipinski definition) is 3. The zero-order chi connectivity index (χ0) is 13.0. The molecule has 0 spiro atoms.